The molecule has 0 unspecified atom stereocenters. The quantitative estimate of drug-likeness (QED) is 0.851. The van der Waals surface area contributed by atoms with Gasteiger partial charge in [0.15, 0.2) is 0 Å². The van der Waals surface area contributed by atoms with Crippen molar-refractivity contribution in [2.45, 2.75) is 12.6 Å². The summed E-state index contributed by atoms with van der Waals surface area (Å²) in [6.07, 6.45) is 0. The molecule has 0 aliphatic heterocycles. The molecule has 0 fully saturated rings. The SMILES string of the molecule is COc1ccc(Br)cc1CN[C@@H](CO)c1ccccc1. The Kier molecular flexibility index (Phi) is 5.59. The number of ether oxygens (including phenoxy) is 1. The van der Waals surface area contributed by atoms with E-state index in [0.717, 1.165) is 21.3 Å². The van der Waals surface area contributed by atoms with Gasteiger partial charge in [-0.05, 0) is 23.8 Å². The van der Waals surface area contributed by atoms with Crippen LogP contribution in [0.15, 0.2) is 53.0 Å². The Labute approximate surface area is 127 Å². The third-order valence-corrected chi connectivity index (χ3v) is 3.66. The van der Waals surface area contributed by atoms with Gasteiger partial charge in [0, 0.05) is 16.6 Å². The molecule has 2 aromatic rings. The summed E-state index contributed by atoms with van der Waals surface area (Å²) in [4.78, 5) is 0. The largest absolute Gasteiger partial charge is 0.496 e. The van der Waals surface area contributed by atoms with Crippen LogP contribution in [0.4, 0.5) is 0 Å². The van der Waals surface area contributed by atoms with Crippen LogP contribution in [-0.4, -0.2) is 18.8 Å². The highest BCUT2D eigenvalue weighted by Crippen LogP contribution is 2.23. The predicted octanol–water partition coefficient (Wildman–Crippen LogP) is 3.28. The third kappa shape index (κ3) is 3.82. The molecule has 20 heavy (non-hydrogen) atoms. The number of hydrogen-bond donors (Lipinski definition) is 2. The number of aliphatic hydroxyl groups is 1. The number of benzene rings is 2. The zero-order valence-electron chi connectivity index (χ0n) is 11.3. The van der Waals surface area contributed by atoms with Crippen molar-refractivity contribution in [3.63, 3.8) is 0 Å². The topological polar surface area (TPSA) is 41.5 Å². The van der Waals surface area contributed by atoms with Crippen molar-refractivity contribution in [3.8, 4) is 5.75 Å². The Hall–Kier alpha value is -1.36. The zero-order chi connectivity index (χ0) is 14.4. The first-order chi connectivity index (χ1) is 9.74. The van der Waals surface area contributed by atoms with Crippen molar-refractivity contribution in [1.29, 1.82) is 0 Å². The highest BCUT2D eigenvalue weighted by Gasteiger charge is 2.11. The van der Waals surface area contributed by atoms with Gasteiger partial charge in [-0.15, -0.1) is 0 Å². The minimum absolute atomic E-state index is 0.0559. The average molecular weight is 336 g/mol. The van der Waals surface area contributed by atoms with Crippen molar-refractivity contribution in [3.05, 3.63) is 64.1 Å². The molecule has 0 bridgehead atoms. The second-order valence-electron chi connectivity index (χ2n) is 4.48. The summed E-state index contributed by atoms with van der Waals surface area (Å²) in [7, 11) is 1.66. The molecule has 106 valence electrons. The summed E-state index contributed by atoms with van der Waals surface area (Å²) in [6.45, 7) is 0.684. The Morgan fingerprint density at radius 1 is 1.20 bits per heavy atom. The van der Waals surface area contributed by atoms with E-state index in [9.17, 15) is 5.11 Å². The second kappa shape index (κ2) is 7.43. The average Bonchev–Trinajstić information content (AvgIpc) is 2.49. The smallest absolute Gasteiger partial charge is 0.123 e. The fourth-order valence-electron chi connectivity index (χ4n) is 2.09. The van der Waals surface area contributed by atoms with Gasteiger partial charge in [0.25, 0.3) is 0 Å². The molecule has 0 saturated carbocycles. The summed E-state index contributed by atoms with van der Waals surface area (Å²) >= 11 is 3.46. The summed E-state index contributed by atoms with van der Waals surface area (Å²) in [5.74, 6) is 0.838. The standard InChI is InChI=1S/C16H18BrNO2/c1-20-16-8-7-14(17)9-13(16)10-18-15(11-19)12-5-3-2-4-6-12/h2-9,15,18-19H,10-11H2,1H3/t15-/m0/s1. The molecule has 4 heteroatoms. The summed E-state index contributed by atoms with van der Waals surface area (Å²) in [5, 5.41) is 12.9. The number of nitrogens with one attached hydrogen (secondary N) is 1. The number of methoxy groups -OCH3 is 1. The molecule has 0 amide bonds. The summed E-state index contributed by atoms with van der Waals surface area (Å²) in [6, 6.07) is 15.7. The zero-order valence-corrected chi connectivity index (χ0v) is 12.9. The van der Waals surface area contributed by atoms with E-state index in [2.05, 4.69) is 21.2 Å². The van der Waals surface area contributed by atoms with Crippen LogP contribution in [0, 0.1) is 0 Å². The molecule has 1 atom stereocenters. The highest BCUT2D eigenvalue weighted by molar-refractivity contribution is 9.10. The van der Waals surface area contributed by atoms with Gasteiger partial charge in [0.1, 0.15) is 5.75 Å². The third-order valence-electron chi connectivity index (χ3n) is 3.17. The monoisotopic (exact) mass is 335 g/mol. The maximum atomic E-state index is 9.54. The number of hydrogen-bond acceptors (Lipinski definition) is 3. The molecule has 0 aliphatic rings. The van der Waals surface area contributed by atoms with Crippen LogP contribution in [0.25, 0.3) is 0 Å². The summed E-state index contributed by atoms with van der Waals surface area (Å²) < 4.78 is 6.36. The predicted molar refractivity (Wildman–Crippen MR) is 83.8 cm³/mol. The van der Waals surface area contributed by atoms with E-state index in [4.69, 9.17) is 4.74 Å². The van der Waals surface area contributed by atoms with Gasteiger partial charge in [-0.2, -0.15) is 0 Å². The van der Waals surface area contributed by atoms with Crippen molar-refractivity contribution in [1.82, 2.24) is 5.32 Å². The lowest BCUT2D eigenvalue weighted by molar-refractivity contribution is 0.243. The van der Waals surface area contributed by atoms with Crippen LogP contribution in [0.3, 0.4) is 0 Å². The van der Waals surface area contributed by atoms with Gasteiger partial charge in [0.2, 0.25) is 0 Å². The molecule has 2 N–H and O–H groups in total. The van der Waals surface area contributed by atoms with E-state index >= 15 is 0 Å². The Morgan fingerprint density at radius 2 is 1.95 bits per heavy atom. The van der Waals surface area contributed by atoms with Crippen LogP contribution < -0.4 is 10.1 Å². The molecular formula is C16H18BrNO2. The summed E-state index contributed by atoms with van der Waals surface area (Å²) in [5.41, 5.74) is 2.13. The Bertz CT molecular complexity index is 545. The maximum absolute atomic E-state index is 9.54. The van der Waals surface area contributed by atoms with Crippen molar-refractivity contribution < 1.29 is 9.84 Å². The van der Waals surface area contributed by atoms with E-state index in [1.165, 1.54) is 0 Å². The molecule has 0 saturated heterocycles. The van der Waals surface area contributed by atoms with E-state index in [0.29, 0.717) is 6.54 Å². The van der Waals surface area contributed by atoms with Gasteiger partial charge in [0.05, 0.1) is 19.8 Å². The number of halogens is 1. The molecule has 0 spiro atoms. The first-order valence-corrected chi connectivity index (χ1v) is 7.25. The van der Waals surface area contributed by atoms with E-state index in [-0.39, 0.29) is 12.6 Å². The van der Waals surface area contributed by atoms with E-state index in [1.54, 1.807) is 7.11 Å². The van der Waals surface area contributed by atoms with Gasteiger partial charge < -0.3 is 15.2 Å². The number of aliphatic hydroxyl groups excluding tert-OH is 1. The molecule has 2 aromatic carbocycles. The lowest BCUT2D eigenvalue weighted by Crippen LogP contribution is -2.24. The minimum atomic E-state index is -0.0834. The van der Waals surface area contributed by atoms with Gasteiger partial charge in [-0.25, -0.2) is 0 Å². The van der Waals surface area contributed by atoms with Crippen molar-refractivity contribution in [2.75, 3.05) is 13.7 Å². The highest BCUT2D eigenvalue weighted by atomic mass is 79.9. The van der Waals surface area contributed by atoms with E-state index in [1.807, 2.05) is 48.5 Å². The molecule has 2 rings (SSSR count). The first-order valence-electron chi connectivity index (χ1n) is 6.46. The molecular weight excluding hydrogens is 318 g/mol. The Balaban J connectivity index is 2.09. The molecule has 0 heterocycles. The maximum Gasteiger partial charge on any atom is 0.123 e. The molecule has 0 aromatic heterocycles. The van der Waals surface area contributed by atoms with Crippen LogP contribution in [-0.2, 0) is 6.54 Å². The first kappa shape index (κ1) is 15.0. The van der Waals surface area contributed by atoms with Gasteiger partial charge in [-0.1, -0.05) is 46.3 Å². The van der Waals surface area contributed by atoms with Gasteiger partial charge in [-0.3, -0.25) is 0 Å². The fourth-order valence-corrected chi connectivity index (χ4v) is 2.50. The van der Waals surface area contributed by atoms with Crippen LogP contribution in [0.2, 0.25) is 0 Å². The molecule has 0 aliphatic carbocycles. The van der Waals surface area contributed by atoms with E-state index < -0.39 is 0 Å². The van der Waals surface area contributed by atoms with Gasteiger partial charge >= 0.3 is 0 Å². The van der Waals surface area contributed by atoms with Crippen molar-refractivity contribution >= 4 is 15.9 Å². The minimum Gasteiger partial charge on any atom is -0.496 e. The van der Waals surface area contributed by atoms with Crippen molar-refractivity contribution in [2.24, 2.45) is 0 Å². The molecule has 3 nitrogen and oxygen atoms in total. The lowest BCUT2D eigenvalue weighted by Gasteiger charge is -2.18. The van der Waals surface area contributed by atoms with Crippen LogP contribution in [0.1, 0.15) is 17.2 Å². The normalized spacial score (nSPS) is 12.2. The lowest BCUT2D eigenvalue weighted by atomic mass is 10.1. The number of rotatable bonds is 6. The van der Waals surface area contributed by atoms with Crippen LogP contribution >= 0.6 is 15.9 Å². The second-order valence-corrected chi connectivity index (χ2v) is 5.40. The Morgan fingerprint density at radius 3 is 2.60 bits per heavy atom. The fraction of sp³-hybridized carbons (Fsp3) is 0.250. The van der Waals surface area contributed by atoms with Crippen LogP contribution in [0.5, 0.6) is 5.75 Å². The molecule has 0 radical (unpaired) electrons.